The Labute approximate surface area is 60.0 Å². The van der Waals surface area contributed by atoms with Crippen LogP contribution in [0.3, 0.4) is 0 Å². The Kier molecular flexibility index (Phi) is 1.22. The van der Waals surface area contributed by atoms with E-state index in [1.165, 1.54) is 12.8 Å². The molecule has 0 bridgehead atoms. The third-order valence-electron chi connectivity index (χ3n) is 1.84. The lowest BCUT2D eigenvalue weighted by Gasteiger charge is -1.86. The Morgan fingerprint density at radius 3 is 3.00 bits per heavy atom. The van der Waals surface area contributed by atoms with Gasteiger partial charge in [0.05, 0.1) is 5.69 Å². The molecule has 54 valence electrons. The second-order valence-electron chi connectivity index (χ2n) is 3.03. The van der Waals surface area contributed by atoms with Crippen molar-refractivity contribution in [3.63, 3.8) is 0 Å². The maximum atomic E-state index is 4.01. The zero-order valence-electron chi connectivity index (χ0n) is 6.12. The van der Waals surface area contributed by atoms with Crippen molar-refractivity contribution in [2.45, 2.75) is 19.3 Å². The molecule has 1 saturated carbocycles. The van der Waals surface area contributed by atoms with E-state index in [2.05, 4.69) is 10.3 Å². The van der Waals surface area contributed by atoms with Gasteiger partial charge in [-0.2, -0.15) is 0 Å². The normalized spacial score (nSPS) is 17.7. The average molecular weight is 137 g/mol. The summed E-state index contributed by atoms with van der Waals surface area (Å²) in [7, 11) is 1.91. The van der Waals surface area contributed by atoms with Crippen LogP contribution in [0.1, 0.15) is 18.5 Å². The van der Waals surface area contributed by atoms with Crippen molar-refractivity contribution in [2.75, 3.05) is 0 Å². The predicted octanol–water partition coefficient (Wildman–Crippen LogP) is 0.768. The van der Waals surface area contributed by atoms with Gasteiger partial charge in [0.1, 0.15) is 0 Å². The summed E-state index contributed by atoms with van der Waals surface area (Å²) in [6, 6.07) is 0. The van der Waals surface area contributed by atoms with Crippen molar-refractivity contribution in [1.29, 1.82) is 0 Å². The third-order valence-corrected chi connectivity index (χ3v) is 1.84. The highest BCUT2D eigenvalue weighted by molar-refractivity contribution is 4.96. The fraction of sp³-hybridized carbons (Fsp3) is 0.714. The van der Waals surface area contributed by atoms with E-state index in [-0.39, 0.29) is 0 Å². The average Bonchev–Trinajstić information content (AvgIpc) is 2.59. The summed E-state index contributed by atoms with van der Waals surface area (Å²) in [5, 5.41) is 7.87. The Balaban J connectivity index is 2.03. The van der Waals surface area contributed by atoms with Gasteiger partial charge < -0.3 is 0 Å². The molecule has 1 aromatic rings. The van der Waals surface area contributed by atoms with Gasteiger partial charge in [0.25, 0.3) is 0 Å². The molecule has 0 aromatic carbocycles. The molecule has 1 fully saturated rings. The number of nitrogens with zero attached hydrogens (tertiary/aromatic N) is 3. The van der Waals surface area contributed by atoms with Crippen LogP contribution in [-0.4, -0.2) is 15.0 Å². The molecule has 1 aromatic heterocycles. The molecule has 2 rings (SSSR count). The van der Waals surface area contributed by atoms with Gasteiger partial charge in [-0.05, 0) is 25.2 Å². The van der Waals surface area contributed by atoms with Crippen LogP contribution < -0.4 is 0 Å². The molecule has 3 nitrogen and oxygen atoms in total. The van der Waals surface area contributed by atoms with Gasteiger partial charge in [-0.3, -0.25) is 4.68 Å². The quantitative estimate of drug-likeness (QED) is 0.602. The van der Waals surface area contributed by atoms with Crippen LogP contribution in [0.4, 0.5) is 0 Å². The first kappa shape index (κ1) is 5.89. The number of hydrogen-bond acceptors (Lipinski definition) is 2. The van der Waals surface area contributed by atoms with E-state index >= 15 is 0 Å². The molecule has 0 atom stereocenters. The fourth-order valence-corrected chi connectivity index (χ4v) is 1.11. The van der Waals surface area contributed by atoms with E-state index in [9.17, 15) is 0 Å². The number of aromatic nitrogens is 3. The van der Waals surface area contributed by atoms with Gasteiger partial charge >= 0.3 is 0 Å². The van der Waals surface area contributed by atoms with Crippen LogP contribution in [0.15, 0.2) is 6.20 Å². The summed E-state index contributed by atoms with van der Waals surface area (Å²) in [4.78, 5) is 0. The van der Waals surface area contributed by atoms with Crippen LogP contribution in [0, 0.1) is 5.92 Å². The lowest BCUT2D eigenvalue weighted by Crippen LogP contribution is -1.85. The Morgan fingerprint density at radius 1 is 1.70 bits per heavy atom. The first-order chi connectivity index (χ1) is 4.84. The van der Waals surface area contributed by atoms with Crippen LogP contribution >= 0.6 is 0 Å². The summed E-state index contributed by atoms with van der Waals surface area (Å²) in [5.41, 5.74) is 1.14. The van der Waals surface area contributed by atoms with Gasteiger partial charge in [-0.1, -0.05) is 5.21 Å². The second-order valence-corrected chi connectivity index (χ2v) is 3.03. The maximum absolute atomic E-state index is 4.01. The molecular weight excluding hydrogens is 126 g/mol. The third kappa shape index (κ3) is 1.17. The molecule has 0 saturated heterocycles. The minimum Gasteiger partial charge on any atom is -0.255 e. The fourth-order valence-electron chi connectivity index (χ4n) is 1.11. The summed E-state index contributed by atoms with van der Waals surface area (Å²) in [5.74, 6) is 0.914. The van der Waals surface area contributed by atoms with Gasteiger partial charge in [0, 0.05) is 13.2 Å². The first-order valence-electron chi connectivity index (χ1n) is 3.70. The van der Waals surface area contributed by atoms with E-state index < -0.39 is 0 Å². The SMILES string of the molecule is Cn1cc(CC2CC2)nn1. The molecule has 1 aliphatic carbocycles. The van der Waals surface area contributed by atoms with Crippen LogP contribution in [0.25, 0.3) is 0 Å². The zero-order valence-corrected chi connectivity index (χ0v) is 6.12. The predicted molar refractivity (Wildman–Crippen MR) is 37.4 cm³/mol. The molecule has 1 aliphatic rings. The number of rotatable bonds is 2. The van der Waals surface area contributed by atoms with Crippen molar-refractivity contribution in [3.8, 4) is 0 Å². The maximum Gasteiger partial charge on any atom is 0.0829 e. The highest BCUT2D eigenvalue weighted by Gasteiger charge is 2.22. The Bertz CT molecular complexity index is 225. The molecule has 0 amide bonds. The molecule has 0 radical (unpaired) electrons. The standard InChI is InChI=1S/C7H11N3/c1-10-5-7(8-9-10)4-6-2-3-6/h5-6H,2-4H2,1H3. The van der Waals surface area contributed by atoms with Gasteiger partial charge in [-0.15, -0.1) is 5.10 Å². The summed E-state index contributed by atoms with van der Waals surface area (Å²) >= 11 is 0. The highest BCUT2D eigenvalue weighted by atomic mass is 15.4. The van der Waals surface area contributed by atoms with E-state index in [4.69, 9.17) is 0 Å². The minimum atomic E-state index is 0.914. The van der Waals surface area contributed by atoms with E-state index in [0.717, 1.165) is 18.0 Å². The smallest absolute Gasteiger partial charge is 0.0829 e. The van der Waals surface area contributed by atoms with Gasteiger partial charge in [0.15, 0.2) is 0 Å². The molecule has 3 heteroatoms. The molecule has 0 N–H and O–H groups in total. The summed E-state index contributed by atoms with van der Waals surface area (Å²) < 4.78 is 1.76. The van der Waals surface area contributed by atoms with E-state index in [0.29, 0.717) is 0 Å². The highest BCUT2D eigenvalue weighted by Crippen LogP contribution is 2.31. The molecule has 0 unspecified atom stereocenters. The molecular formula is C7H11N3. The molecule has 10 heavy (non-hydrogen) atoms. The van der Waals surface area contributed by atoms with Crippen molar-refractivity contribution < 1.29 is 0 Å². The van der Waals surface area contributed by atoms with Crippen molar-refractivity contribution in [1.82, 2.24) is 15.0 Å². The molecule has 0 spiro atoms. The minimum absolute atomic E-state index is 0.914. The van der Waals surface area contributed by atoms with Crippen LogP contribution in [-0.2, 0) is 13.5 Å². The zero-order chi connectivity index (χ0) is 6.97. The topological polar surface area (TPSA) is 30.7 Å². The lowest BCUT2D eigenvalue weighted by atomic mass is 10.2. The monoisotopic (exact) mass is 137 g/mol. The largest absolute Gasteiger partial charge is 0.255 e. The van der Waals surface area contributed by atoms with Gasteiger partial charge in [-0.25, -0.2) is 0 Å². The van der Waals surface area contributed by atoms with Crippen molar-refractivity contribution in [3.05, 3.63) is 11.9 Å². The van der Waals surface area contributed by atoms with Crippen LogP contribution in [0.5, 0.6) is 0 Å². The van der Waals surface area contributed by atoms with Gasteiger partial charge in [0.2, 0.25) is 0 Å². The Morgan fingerprint density at radius 2 is 2.50 bits per heavy atom. The van der Waals surface area contributed by atoms with Crippen molar-refractivity contribution in [2.24, 2.45) is 13.0 Å². The first-order valence-corrected chi connectivity index (χ1v) is 3.70. The Hall–Kier alpha value is -0.860. The van der Waals surface area contributed by atoms with Crippen molar-refractivity contribution >= 4 is 0 Å². The number of hydrogen-bond donors (Lipinski definition) is 0. The lowest BCUT2D eigenvalue weighted by molar-refractivity contribution is 0.711. The number of aryl methyl sites for hydroxylation is 1. The molecule has 1 heterocycles. The van der Waals surface area contributed by atoms with Crippen LogP contribution in [0.2, 0.25) is 0 Å². The van der Waals surface area contributed by atoms with E-state index in [1.807, 2.05) is 13.2 Å². The molecule has 0 aliphatic heterocycles. The summed E-state index contributed by atoms with van der Waals surface area (Å²) in [6.07, 6.45) is 5.90. The second kappa shape index (κ2) is 2.08. The summed E-state index contributed by atoms with van der Waals surface area (Å²) in [6.45, 7) is 0. The van der Waals surface area contributed by atoms with E-state index in [1.54, 1.807) is 4.68 Å².